The number of hydrogen-bond donors (Lipinski definition) is 2. The summed E-state index contributed by atoms with van der Waals surface area (Å²) in [5.74, 6) is 0.683. The van der Waals surface area contributed by atoms with Crippen LogP contribution in [-0.4, -0.2) is 35.3 Å². The third-order valence-electron chi connectivity index (χ3n) is 4.86. The van der Waals surface area contributed by atoms with Crippen LogP contribution < -0.4 is 16.2 Å². The molecule has 0 radical (unpaired) electrons. The van der Waals surface area contributed by atoms with Crippen molar-refractivity contribution in [1.29, 1.82) is 0 Å². The van der Waals surface area contributed by atoms with Crippen LogP contribution in [0.15, 0.2) is 29.1 Å². The van der Waals surface area contributed by atoms with Crippen molar-refractivity contribution in [3.05, 3.63) is 40.3 Å². The van der Waals surface area contributed by atoms with E-state index in [1.165, 1.54) is 17.5 Å². The van der Waals surface area contributed by atoms with E-state index in [-0.39, 0.29) is 17.4 Å². The molecule has 1 atom stereocenters. The average Bonchev–Trinajstić information content (AvgIpc) is 2.64. The van der Waals surface area contributed by atoms with Gasteiger partial charge in [0.15, 0.2) is 5.69 Å². The molecule has 2 aromatic rings. The van der Waals surface area contributed by atoms with Gasteiger partial charge in [0, 0.05) is 18.5 Å². The number of nitrogens with zero attached hydrogens (tertiary/aromatic N) is 2. The van der Waals surface area contributed by atoms with Crippen LogP contribution in [0.2, 0.25) is 0 Å². The summed E-state index contributed by atoms with van der Waals surface area (Å²) < 4.78 is 1.42. The van der Waals surface area contributed by atoms with Crippen LogP contribution in [0.3, 0.4) is 0 Å². The zero-order chi connectivity index (χ0) is 18.5. The Labute approximate surface area is 154 Å². The number of rotatable bonds is 6. The molecule has 1 aromatic heterocycles. The Bertz CT molecular complexity index is 822. The topological polar surface area (TPSA) is 76.0 Å². The van der Waals surface area contributed by atoms with E-state index in [4.69, 9.17) is 0 Å². The van der Waals surface area contributed by atoms with Crippen molar-refractivity contribution >= 4 is 16.7 Å². The zero-order valence-corrected chi connectivity index (χ0v) is 15.6. The molecule has 26 heavy (non-hydrogen) atoms. The summed E-state index contributed by atoms with van der Waals surface area (Å²) in [5.41, 5.74) is 0.196. The quantitative estimate of drug-likeness (QED) is 0.832. The van der Waals surface area contributed by atoms with E-state index in [2.05, 4.69) is 15.7 Å². The maximum Gasteiger partial charge on any atom is 0.274 e. The van der Waals surface area contributed by atoms with Crippen molar-refractivity contribution in [3.8, 4) is 0 Å². The highest BCUT2D eigenvalue weighted by Gasteiger charge is 2.18. The number of aromatic nitrogens is 2. The number of nitrogens with one attached hydrogen (secondary N) is 2. The van der Waals surface area contributed by atoms with Gasteiger partial charge in [-0.15, -0.1) is 0 Å². The summed E-state index contributed by atoms with van der Waals surface area (Å²) in [6.07, 6.45) is 3.37. The second-order valence-corrected chi connectivity index (χ2v) is 7.53. The fourth-order valence-electron chi connectivity index (χ4n) is 3.52. The standard InChI is InChI=1S/C20H28N4O2/c1-14(2)13-24-20(26)17-8-4-3-7-16(17)18(23-24)19(25)22-11-9-15-6-5-10-21-12-15/h3-4,7-8,14-15,21H,5-6,9-13H2,1-2H3,(H,22,25). The Morgan fingerprint density at radius 2 is 2.12 bits per heavy atom. The minimum Gasteiger partial charge on any atom is -0.351 e. The van der Waals surface area contributed by atoms with Gasteiger partial charge in [-0.05, 0) is 50.3 Å². The predicted octanol–water partition coefficient (Wildman–Crippen LogP) is 2.17. The fraction of sp³-hybridized carbons (Fsp3) is 0.550. The molecule has 1 aliphatic heterocycles. The minimum absolute atomic E-state index is 0.140. The lowest BCUT2D eigenvalue weighted by atomic mass is 9.96. The van der Waals surface area contributed by atoms with Crippen molar-refractivity contribution in [3.63, 3.8) is 0 Å². The first kappa shape index (κ1) is 18.6. The second-order valence-electron chi connectivity index (χ2n) is 7.53. The van der Waals surface area contributed by atoms with Gasteiger partial charge >= 0.3 is 0 Å². The van der Waals surface area contributed by atoms with Gasteiger partial charge in [-0.3, -0.25) is 9.59 Å². The largest absolute Gasteiger partial charge is 0.351 e. The molecule has 1 saturated heterocycles. The van der Waals surface area contributed by atoms with E-state index in [1.807, 2.05) is 26.0 Å². The van der Waals surface area contributed by atoms with E-state index < -0.39 is 0 Å². The molecule has 1 aromatic carbocycles. The van der Waals surface area contributed by atoms with Crippen LogP contribution in [0.5, 0.6) is 0 Å². The van der Waals surface area contributed by atoms with E-state index in [0.29, 0.717) is 35.5 Å². The SMILES string of the molecule is CC(C)Cn1nc(C(=O)NCCC2CCCNC2)c2ccccc2c1=O. The van der Waals surface area contributed by atoms with E-state index in [9.17, 15) is 9.59 Å². The van der Waals surface area contributed by atoms with Gasteiger partial charge in [0.25, 0.3) is 11.5 Å². The van der Waals surface area contributed by atoms with E-state index >= 15 is 0 Å². The first-order valence-corrected chi connectivity index (χ1v) is 9.55. The maximum atomic E-state index is 12.7. The van der Waals surface area contributed by atoms with Crippen LogP contribution in [0, 0.1) is 11.8 Å². The first-order chi connectivity index (χ1) is 12.6. The molecule has 0 aliphatic carbocycles. The number of piperidine rings is 1. The van der Waals surface area contributed by atoms with Gasteiger partial charge < -0.3 is 10.6 Å². The van der Waals surface area contributed by atoms with Gasteiger partial charge in [-0.2, -0.15) is 5.10 Å². The lowest BCUT2D eigenvalue weighted by Crippen LogP contribution is -2.34. The van der Waals surface area contributed by atoms with Crippen LogP contribution in [0.25, 0.3) is 10.8 Å². The summed E-state index contributed by atoms with van der Waals surface area (Å²) in [7, 11) is 0. The Kier molecular flexibility index (Phi) is 6.04. The molecule has 1 amide bonds. The highest BCUT2D eigenvalue weighted by molar-refractivity contribution is 6.04. The Balaban J connectivity index is 1.79. The molecule has 1 fully saturated rings. The molecule has 6 heteroatoms. The lowest BCUT2D eigenvalue weighted by Gasteiger charge is -2.22. The maximum absolute atomic E-state index is 12.7. The fourth-order valence-corrected chi connectivity index (χ4v) is 3.52. The molecule has 2 heterocycles. The Morgan fingerprint density at radius 1 is 1.35 bits per heavy atom. The molecule has 3 rings (SSSR count). The molecule has 0 spiro atoms. The average molecular weight is 356 g/mol. The van der Waals surface area contributed by atoms with Crippen molar-refractivity contribution in [2.24, 2.45) is 11.8 Å². The van der Waals surface area contributed by atoms with Crippen LogP contribution in [0.4, 0.5) is 0 Å². The van der Waals surface area contributed by atoms with Crippen LogP contribution in [-0.2, 0) is 6.54 Å². The summed E-state index contributed by atoms with van der Waals surface area (Å²) in [4.78, 5) is 25.4. The number of hydrogen-bond acceptors (Lipinski definition) is 4. The number of fused-ring (bicyclic) bond motifs is 1. The highest BCUT2D eigenvalue weighted by atomic mass is 16.2. The third-order valence-corrected chi connectivity index (χ3v) is 4.86. The molecule has 2 N–H and O–H groups in total. The normalized spacial score (nSPS) is 17.6. The van der Waals surface area contributed by atoms with Crippen molar-refractivity contribution in [2.45, 2.75) is 39.7 Å². The van der Waals surface area contributed by atoms with Gasteiger partial charge in [-0.25, -0.2) is 4.68 Å². The number of benzene rings is 1. The number of carbonyl (C=O) groups excluding carboxylic acids is 1. The number of amides is 1. The zero-order valence-electron chi connectivity index (χ0n) is 15.6. The molecule has 1 unspecified atom stereocenters. The second kappa shape index (κ2) is 8.45. The van der Waals surface area contributed by atoms with Gasteiger partial charge in [0.2, 0.25) is 0 Å². The molecular formula is C20H28N4O2. The molecule has 0 saturated carbocycles. The van der Waals surface area contributed by atoms with Gasteiger partial charge in [0.1, 0.15) is 0 Å². The minimum atomic E-state index is -0.206. The van der Waals surface area contributed by atoms with Crippen molar-refractivity contribution in [1.82, 2.24) is 20.4 Å². The summed E-state index contributed by atoms with van der Waals surface area (Å²) in [5, 5.41) is 11.9. The van der Waals surface area contributed by atoms with Crippen molar-refractivity contribution in [2.75, 3.05) is 19.6 Å². The molecule has 0 bridgehead atoms. The van der Waals surface area contributed by atoms with E-state index in [1.54, 1.807) is 12.1 Å². The third kappa shape index (κ3) is 4.30. The Hall–Kier alpha value is -2.21. The van der Waals surface area contributed by atoms with Crippen LogP contribution >= 0.6 is 0 Å². The smallest absolute Gasteiger partial charge is 0.274 e. The molecular weight excluding hydrogens is 328 g/mol. The predicted molar refractivity (Wildman–Crippen MR) is 103 cm³/mol. The van der Waals surface area contributed by atoms with Gasteiger partial charge in [-0.1, -0.05) is 32.0 Å². The summed E-state index contributed by atoms with van der Waals surface area (Å²) in [6.45, 7) is 7.30. The first-order valence-electron chi connectivity index (χ1n) is 9.55. The van der Waals surface area contributed by atoms with Gasteiger partial charge in [0.05, 0.1) is 5.39 Å². The van der Waals surface area contributed by atoms with E-state index in [0.717, 1.165) is 19.5 Å². The monoisotopic (exact) mass is 356 g/mol. The molecule has 1 aliphatic rings. The van der Waals surface area contributed by atoms with Crippen molar-refractivity contribution < 1.29 is 4.79 Å². The lowest BCUT2D eigenvalue weighted by molar-refractivity contribution is 0.0945. The molecule has 140 valence electrons. The summed E-state index contributed by atoms with van der Waals surface area (Å²) >= 11 is 0. The molecule has 6 nitrogen and oxygen atoms in total. The number of carbonyl (C=O) groups is 1. The highest BCUT2D eigenvalue weighted by Crippen LogP contribution is 2.15. The Morgan fingerprint density at radius 3 is 2.81 bits per heavy atom. The summed E-state index contributed by atoms with van der Waals surface area (Å²) in [6, 6.07) is 7.21. The van der Waals surface area contributed by atoms with Crippen LogP contribution in [0.1, 0.15) is 43.6 Å².